The number of carbonyl (C=O) groups is 2. The van der Waals surface area contributed by atoms with Gasteiger partial charge in [-0.15, -0.1) is 0 Å². The van der Waals surface area contributed by atoms with Crippen LogP contribution in [0.5, 0.6) is 0 Å². The second-order valence-corrected chi connectivity index (χ2v) is 7.43. The molecule has 0 aromatic heterocycles. The van der Waals surface area contributed by atoms with E-state index in [0.717, 1.165) is 43.7 Å². The van der Waals surface area contributed by atoms with E-state index in [2.05, 4.69) is 29.4 Å². The summed E-state index contributed by atoms with van der Waals surface area (Å²) in [4.78, 5) is 28.7. The van der Waals surface area contributed by atoms with Gasteiger partial charge in [0.1, 0.15) is 0 Å². The molecule has 0 spiro atoms. The number of carbonyl (C=O) groups excluding carboxylic acids is 2. The lowest BCUT2D eigenvalue weighted by Gasteiger charge is -2.21. The smallest absolute Gasteiger partial charge is 0.315 e. The average molecular weight is 375 g/mol. The molecule has 1 aliphatic rings. The van der Waals surface area contributed by atoms with Crippen molar-refractivity contribution in [3.8, 4) is 0 Å². The fourth-order valence-electron chi connectivity index (χ4n) is 3.46. The molecule has 1 heterocycles. The zero-order chi connectivity index (χ0) is 19.8. The van der Waals surface area contributed by atoms with E-state index in [-0.39, 0.29) is 24.0 Å². The summed E-state index contributed by atoms with van der Waals surface area (Å²) in [5, 5.41) is 5.94. The van der Waals surface area contributed by atoms with Gasteiger partial charge in [0.2, 0.25) is 5.91 Å². The van der Waals surface area contributed by atoms with Crippen molar-refractivity contribution < 1.29 is 9.59 Å². The fraction of sp³-hybridized carbons (Fsp3) is 0.619. The van der Waals surface area contributed by atoms with Gasteiger partial charge in [-0.05, 0) is 58.5 Å². The molecular formula is C21H34N4O2. The van der Waals surface area contributed by atoms with Crippen molar-refractivity contribution in [2.24, 2.45) is 0 Å². The molecule has 0 bridgehead atoms. The molecule has 3 amide bonds. The number of amides is 3. The fourth-order valence-corrected chi connectivity index (χ4v) is 3.46. The summed E-state index contributed by atoms with van der Waals surface area (Å²) in [6.07, 6.45) is 2.35. The van der Waals surface area contributed by atoms with E-state index in [1.807, 2.05) is 38.1 Å². The topological polar surface area (TPSA) is 64.7 Å². The maximum Gasteiger partial charge on any atom is 0.315 e. The van der Waals surface area contributed by atoms with Gasteiger partial charge in [-0.25, -0.2) is 4.79 Å². The normalized spacial score (nSPS) is 18.0. The van der Waals surface area contributed by atoms with Gasteiger partial charge in [-0.1, -0.05) is 31.5 Å². The van der Waals surface area contributed by atoms with Crippen LogP contribution in [0.1, 0.15) is 45.6 Å². The molecule has 2 N–H and O–H groups in total. The Bertz CT molecular complexity index is 613. The summed E-state index contributed by atoms with van der Waals surface area (Å²) in [5.41, 5.74) is 2.05. The molecule has 0 unspecified atom stereocenters. The van der Waals surface area contributed by atoms with Crippen LogP contribution < -0.4 is 15.5 Å². The Labute approximate surface area is 163 Å². The molecule has 2 rings (SSSR count). The van der Waals surface area contributed by atoms with Gasteiger partial charge in [-0.3, -0.25) is 4.79 Å². The van der Waals surface area contributed by atoms with Crippen molar-refractivity contribution in [2.75, 3.05) is 31.1 Å². The van der Waals surface area contributed by atoms with Gasteiger partial charge in [-0.2, -0.15) is 0 Å². The van der Waals surface area contributed by atoms with Gasteiger partial charge >= 0.3 is 6.03 Å². The molecule has 27 heavy (non-hydrogen) atoms. The van der Waals surface area contributed by atoms with E-state index >= 15 is 0 Å². The van der Waals surface area contributed by atoms with E-state index in [4.69, 9.17) is 0 Å². The van der Waals surface area contributed by atoms with Crippen molar-refractivity contribution in [2.45, 2.75) is 59.0 Å². The van der Waals surface area contributed by atoms with Crippen LogP contribution in [-0.4, -0.2) is 55.1 Å². The van der Waals surface area contributed by atoms with Crippen molar-refractivity contribution in [1.82, 2.24) is 15.5 Å². The van der Waals surface area contributed by atoms with Crippen LogP contribution in [0, 0.1) is 6.92 Å². The van der Waals surface area contributed by atoms with Gasteiger partial charge in [0.15, 0.2) is 0 Å². The number of hydrogen-bond donors (Lipinski definition) is 2. The van der Waals surface area contributed by atoms with Crippen LogP contribution in [0.15, 0.2) is 24.3 Å². The minimum absolute atomic E-state index is 0.0522. The Kier molecular flexibility index (Phi) is 8.10. The molecule has 0 saturated carbocycles. The van der Waals surface area contributed by atoms with Crippen LogP contribution in [0.2, 0.25) is 0 Å². The minimum Gasteiger partial charge on any atom is -0.336 e. The Hall–Kier alpha value is -2.08. The van der Waals surface area contributed by atoms with Crippen LogP contribution in [0.3, 0.4) is 0 Å². The molecule has 0 radical (unpaired) electrons. The Morgan fingerprint density at radius 2 is 1.93 bits per heavy atom. The predicted octanol–water partition coefficient (Wildman–Crippen LogP) is 2.91. The highest BCUT2D eigenvalue weighted by Gasteiger charge is 2.31. The number of rotatable bonds is 9. The van der Waals surface area contributed by atoms with Crippen LogP contribution in [-0.2, 0) is 4.79 Å². The molecular weight excluding hydrogens is 340 g/mol. The van der Waals surface area contributed by atoms with Gasteiger partial charge in [0.05, 0.1) is 6.04 Å². The van der Waals surface area contributed by atoms with Crippen LogP contribution >= 0.6 is 0 Å². The first-order valence-corrected chi connectivity index (χ1v) is 10.1. The van der Waals surface area contributed by atoms with Crippen molar-refractivity contribution in [3.05, 3.63) is 29.8 Å². The zero-order valence-electron chi connectivity index (χ0n) is 17.1. The maximum atomic E-state index is 12.3. The van der Waals surface area contributed by atoms with Crippen molar-refractivity contribution >= 4 is 17.6 Å². The number of hydrogen-bond acceptors (Lipinski definition) is 3. The molecule has 1 aromatic carbocycles. The lowest BCUT2D eigenvalue weighted by molar-refractivity contribution is -0.117. The number of aryl methyl sites for hydroxylation is 1. The van der Waals surface area contributed by atoms with Crippen LogP contribution in [0.4, 0.5) is 10.5 Å². The predicted molar refractivity (Wildman–Crippen MR) is 110 cm³/mol. The first kappa shape index (κ1) is 21.2. The van der Waals surface area contributed by atoms with Crippen LogP contribution in [0.25, 0.3) is 0 Å². The molecule has 1 fully saturated rings. The molecule has 0 aliphatic carbocycles. The molecule has 1 aromatic rings. The second kappa shape index (κ2) is 10.3. The Balaban J connectivity index is 1.74. The summed E-state index contributed by atoms with van der Waals surface area (Å²) < 4.78 is 0. The average Bonchev–Trinajstić information content (AvgIpc) is 2.99. The lowest BCUT2D eigenvalue weighted by atomic mass is 10.2. The number of urea groups is 1. The quantitative estimate of drug-likeness (QED) is 0.698. The van der Waals surface area contributed by atoms with Crippen molar-refractivity contribution in [3.63, 3.8) is 0 Å². The highest BCUT2D eigenvalue weighted by Crippen LogP contribution is 2.21. The first-order valence-electron chi connectivity index (χ1n) is 10.1. The molecule has 6 heteroatoms. The summed E-state index contributed by atoms with van der Waals surface area (Å²) >= 11 is 0. The first-order chi connectivity index (χ1) is 12.9. The van der Waals surface area contributed by atoms with E-state index < -0.39 is 0 Å². The van der Waals surface area contributed by atoms with E-state index in [9.17, 15) is 9.59 Å². The van der Waals surface area contributed by atoms with Gasteiger partial charge < -0.3 is 20.4 Å². The molecule has 150 valence electrons. The third-order valence-corrected chi connectivity index (χ3v) is 5.19. The second-order valence-electron chi connectivity index (χ2n) is 7.43. The number of anilines is 1. The number of benzene rings is 1. The molecule has 1 saturated heterocycles. The van der Waals surface area contributed by atoms with Gasteiger partial charge in [0.25, 0.3) is 0 Å². The molecule has 2 atom stereocenters. The highest BCUT2D eigenvalue weighted by molar-refractivity contribution is 5.96. The maximum absolute atomic E-state index is 12.3. The lowest BCUT2D eigenvalue weighted by Crippen LogP contribution is -2.46. The largest absolute Gasteiger partial charge is 0.336 e. The Morgan fingerprint density at radius 3 is 2.56 bits per heavy atom. The zero-order valence-corrected chi connectivity index (χ0v) is 17.1. The molecule has 6 nitrogen and oxygen atoms in total. The highest BCUT2D eigenvalue weighted by atomic mass is 16.2. The summed E-state index contributed by atoms with van der Waals surface area (Å²) in [5.74, 6) is 0.0522. The van der Waals surface area contributed by atoms with E-state index in [1.165, 1.54) is 0 Å². The SMILES string of the molecule is CCN(CC)CCC[C@H](C)NC(=O)N[C@H]1CC(=O)N(c2ccc(C)cc2)C1. The van der Waals surface area contributed by atoms with E-state index in [1.54, 1.807) is 4.90 Å². The number of nitrogens with one attached hydrogen (secondary N) is 2. The Morgan fingerprint density at radius 1 is 1.26 bits per heavy atom. The third kappa shape index (κ3) is 6.54. The summed E-state index contributed by atoms with van der Waals surface area (Å²) in [7, 11) is 0. The minimum atomic E-state index is -0.186. The van der Waals surface area contributed by atoms with E-state index in [0.29, 0.717) is 13.0 Å². The van der Waals surface area contributed by atoms with Gasteiger partial charge in [0, 0.05) is 24.7 Å². The standard InChI is InChI=1S/C21H34N4O2/c1-5-24(6-2)13-7-8-17(4)22-21(27)23-18-14-20(26)25(15-18)19-11-9-16(3)10-12-19/h9-12,17-18H,5-8,13-15H2,1-4H3,(H2,22,23,27)/t17-,18-/m0/s1. The third-order valence-electron chi connectivity index (χ3n) is 5.19. The van der Waals surface area contributed by atoms with Crippen molar-refractivity contribution in [1.29, 1.82) is 0 Å². The summed E-state index contributed by atoms with van der Waals surface area (Å²) in [6.45, 7) is 12.1. The summed E-state index contributed by atoms with van der Waals surface area (Å²) in [6, 6.07) is 7.68. The monoisotopic (exact) mass is 374 g/mol. The number of nitrogens with zero attached hydrogens (tertiary/aromatic N) is 2. The molecule has 1 aliphatic heterocycles.